The predicted octanol–water partition coefficient (Wildman–Crippen LogP) is 2.81. The Hall–Kier alpha value is -1.21. The molecule has 4 atom stereocenters. The van der Waals surface area contributed by atoms with Crippen molar-refractivity contribution in [2.75, 3.05) is 4.90 Å². The van der Waals surface area contributed by atoms with Gasteiger partial charge >= 0.3 is 5.97 Å². The Morgan fingerprint density at radius 3 is 2.14 bits per heavy atom. The second-order valence-electron chi connectivity index (χ2n) is 5.58. The quantitative estimate of drug-likeness (QED) is 0.578. The minimum Gasteiger partial charge on any atom is -0.478 e. The van der Waals surface area contributed by atoms with Crippen LogP contribution in [-0.4, -0.2) is 32.5 Å². The highest BCUT2D eigenvalue weighted by Gasteiger charge is 2.52. The maximum Gasteiger partial charge on any atom is 0.335 e. The maximum absolute atomic E-state index is 12.6. The number of halogens is 2. The summed E-state index contributed by atoms with van der Waals surface area (Å²) < 4.78 is 0. The van der Waals surface area contributed by atoms with E-state index >= 15 is 0 Å². The lowest BCUT2D eigenvalue weighted by Crippen LogP contribution is -2.34. The van der Waals surface area contributed by atoms with Gasteiger partial charge in [0.25, 0.3) is 0 Å². The van der Waals surface area contributed by atoms with E-state index in [9.17, 15) is 14.4 Å². The number of benzene rings is 1. The van der Waals surface area contributed by atoms with E-state index in [-0.39, 0.29) is 38.9 Å². The maximum atomic E-state index is 12.6. The summed E-state index contributed by atoms with van der Waals surface area (Å²) in [6, 6.07) is 5.94. The molecule has 2 fully saturated rings. The zero-order chi connectivity index (χ0) is 16.0. The Morgan fingerprint density at radius 1 is 1.09 bits per heavy atom. The zero-order valence-corrected chi connectivity index (χ0v) is 14.6. The predicted molar refractivity (Wildman–Crippen MR) is 87.5 cm³/mol. The standard InChI is InChI=1S/C15H13Br2NO4/c16-11-5-9-10(6-12(11)17)14(20)18(13(9)19)8-3-1-2-7(4-8)15(21)22/h1-4,9-12H,5-6H2,(H,21,22)/t9-,10-,11-,12+/m1/s1. The summed E-state index contributed by atoms with van der Waals surface area (Å²) in [5.41, 5.74) is 0.395. The van der Waals surface area contributed by atoms with E-state index in [1.54, 1.807) is 12.1 Å². The van der Waals surface area contributed by atoms with Crippen LogP contribution in [0.2, 0.25) is 0 Å². The van der Waals surface area contributed by atoms with Gasteiger partial charge in [0.2, 0.25) is 11.8 Å². The van der Waals surface area contributed by atoms with Crippen molar-refractivity contribution in [2.24, 2.45) is 11.8 Å². The van der Waals surface area contributed by atoms with Gasteiger partial charge < -0.3 is 5.11 Å². The monoisotopic (exact) mass is 429 g/mol. The third kappa shape index (κ3) is 2.50. The molecule has 1 aromatic rings. The van der Waals surface area contributed by atoms with Crippen molar-refractivity contribution in [3.63, 3.8) is 0 Å². The Labute approximate surface area is 143 Å². The van der Waals surface area contributed by atoms with Crippen LogP contribution in [0.3, 0.4) is 0 Å². The molecule has 0 unspecified atom stereocenters. The number of aromatic carboxylic acids is 1. The summed E-state index contributed by atoms with van der Waals surface area (Å²) in [5, 5.41) is 9.06. The molecule has 22 heavy (non-hydrogen) atoms. The highest BCUT2D eigenvalue weighted by molar-refractivity contribution is 9.12. The number of rotatable bonds is 2. The van der Waals surface area contributed by atoms with Crippen LogP contribution < -0.4 is 4.90 Å². The molecule has 1 aromatic carbocycles. The number of carboxylic acid groups (broad SMARTS) is 1. The first-order chi connectivity index (χ1) is 10.4. The molecule has 0 radical (unpaired) electrons. The Kier molecular flexibility index (Phi) is 4.11. The topological polar surface area (TPSA) is 74.7 Å². The van der Waals surface area contributed by atoms with Crippen LogP contribution in [0, 0.1) is 11.8 Å². The van der Waals surface area contributed by atoms with E-state index in [4.69, 9.17) is 5.11 Å². The van der Waals surface area contributed by atoms with E-state index in [0.29, 0.717) is 18.5 Å². The van der Waals surface area contributed by atoms with Crippen LogP contribution in [-0.2, 0) is 9.59 Å². The summed E-state index contributed by atoms with van der Waals surface area (Å²) >= 11 is 7.08. The normalized spacial score (nSPS) is 31.3. The molecule has 7 heteroatoms. The van der Waals surface area contributed by atoms with Crippen LogP contribution in [0.15, 0.2) is 24.3 Å². The van der Waals surface area contributed by atoms with Gasteiger partial charge in [0.05, 0.1) is 23.1 Å². The second-order valence-corrected chi connectivity index (χ2v) is 7.94. The minimum absolute atomic E-state index is 0.0599. The van der Waals surface area contributed by atoms with Gasteiger partial charge in [0.1, 0.15) is 0 Å². The van der Waals surface area contributed by atoms with Crippen molar-refractivity contribution in [3.05, 3.63) is 29.8 Å². The lowest BCUT2D eigenvalue weighted by Gasteiger charge is -2.29. The fourth-order valence-corrected chi connectivity index (χ4v) is 4.36. The first-order valence-corrected chi connectivity index (χ1v) is 8.72. The van der Waals surface area contributed by atoms with E-state index in [2.05, 4.69) is 31.9 Å². The Balaban J connectivity index is 1.95. The molecule has 1 heterocycles. The van der Waals surface area contributed by atoms with E-state index in [0.717, 1.165) is 4.90 Å². The minimum atomic E-state index is -1.08. The van der Waals surface area contributed by atoms with Crippen molar-refractivity contribution in [3.8, 4) is 0 Å². The van der Waals surface area contributed by atoms with Crippen LogP contribution in [0.1, 0.15) is 23.2 Å². The molecule has 1 aliphatic carbocycles. The molecule has 2 amide bonds. The SMILES string of the molecule is O=C(O)c1cccc(N2C(=O)[C@@H]3C[C@@H](Br)[C@@H](Br)C[C@H]3C2=O)c1. The van der Waals surface area contributed by atoms with Crippen molar-refractivity contribution >= 4 is 55.3 Å². The van der Waals surface area contributed by atoms with E-state index < -0.39 is 5.97 Å². The van der Waals surface area contributed by atoms with Gasteiger partial charge in [-0.15, -0.1) is 0 Å². The lowest BCUT2D eigenvalue weighted by molar-refractivity contribution is -0.122. The number of hydrogen-bond acceptors (Lipinski definition) is 3. The van der Waals surface area contributed by atoms with Crippen LogP contribution in [0.4, 0.5) is 5.69 Å². The number of imide groups is 1. The number of alkyl halides is 2. The average molecular weight is 431 g/mol. The third-order valence-electron chi connectivity index (χ3n) is 4.26. The van der Waals surface area contributed by atoms with Gasteiger partial charge in [0.15, 0.2) is 0 Å². The molecule has 0 spiro atoms. The summed E-state index contributed by atoms with van der Waals surface area (Å²) in [6.45, 7) is 0. The number of anilines is 1. The van der Waals surface area contributed by atoms with Crippen molar-refractivity contribution in [1.29, 1.82) is 0 Å². The first kappa shape index (κ1) is 15.7. The summed E-state index contributed by atoms with van der Waals surface area (Å²) in [7, 11) is 0. The molecule has 1 aliphatic heterocycles. The van der Waals surface area contributed by atoms with Gasteiger partial charge in [-0.1, -0.05) is 37.9 Å². The van der Waals surface area contributed by atoms with Gasteiger partial charge in [-0.25, -0.2) is 4.79 Å². The smallest absolute Gasteiger partial charge is 0.335 e. The number of hydrogen-bond donors (Lipinski definition) is 1. The van der Waals surface area contributed by atoms with Crippen molar-refractivity contribution < 1.29 is 19.5 Å². The molecule has 1 N–H and O–H groups in total. The molecule has 3 rings (SSSR count). The van der Waals surface area contributed by atoms with Crippen LogP contribution >= 0.6 is 31.9 Å². The summed E-state index contributed by atoms with van der Waals surface area (Å²) in [5.74, 6) is -2.22. The molecule has 5 nitrogen and oxygen atoms in total. The molecular formula is C15H13Br2NO4. The molecule has 2 aliphatic rings. The molecule has 1 saturated heterocycles. The van der Waals surface area contributed by atoms with Gasteiger partial charge in [-0.3, -0.25) is 14.5 Å². The van der Waals surface area contributed by atoms with Gasteiger partial charge in [-0.2, -0.15) is 0 Å². The first-order valence-electron chi connectivity index (χ1n) is 6.89. The number of nitrogens with zero attached hydrogens (tertiary/aromatic N) is 1. The molecule has 0 aromatic heterocycles. The van der Waals surface area contributed by atoms with Crippen LogP contribution in [0.25, 0.3) is 0 Å². The fourth-order valence-electron chi connectivity index (χ4n) is 3.13. The number of carbonyl (C=O) groups excluding carboxylic acids is 2. The third-order valence-corrected chi connectivity index (χ3v) is 7.00. The lowest BCUT2D eigenvalue weighted by atomic mass is 9.81. The fraction of sp³-hybridized carbons (Fsp3) is 0.400. The van der Waals surface area contributed by atoms with Gasteiger partial charge in [0, 0.05) is 9.65 Å². The number of carboxylic acids is 1. The number of amides is 2. The second kappa shape index (κ2) is 5.77. The Morgan fingerprint density at radius 2 is 1.64 bits per heavy atom. The van der Waals surface area contributed by atoms with Gasteiger partial charge in [-0.05, 0) is 31.0 Å². The summed E-state index contributed by atoms with van der Waals surface area (Å²) in [6.07, 6.45) is 1.19. The average Bonchev–Trinajstić information content (AvgIpc) is 2.71. The zero-order valence-electron chi connectivity index (χ0n) is 11.4. The molecule has 116 valence electrons. The Bertz CT molecular complexity index is 635. The molecular weight excluding hydrogens is 418 g/mol. The largest absolute Gasteiger partial charge is 0.478 e. The number of fused-ring (bicyclic) bond motifs is 1. The highest BCUT2D eigenvalue weighted by atomic mass is 79.9. The van der Waals surface area contributed by atoms with Crippen LogP contribution in [0.5, 0.6) is 0 Å². The highest BCUT2D eigenvalue weighted by Crippen LogP contribution is 2.44. The van der Waals surface area contributed by atoms with E-state index in [1.165, 1.54) is 12.1 Å². The van der Waals surface area contributed by atoms with E-state index in [1.807, 2.05) is 0 Å². The number of carbonyl (C=O) groups is 3. The van der Waals surface area contributed by atoms with Crippen molar-refractivity contribution in [1.82, 2.24) is 0 Å². The van der Waals surface area contributed by atoms with Crippen molar-refractivity contribution in [2.45, 2.75) is 22.5 Å². The molecule has 1 saturated carbocycles. The molecule has 0 bridgehead atoms. The summed E-state index contributed by atoms with van der Waals surface area (Å²) in [4.78, 5) is 37.7.